The average molecular weight is 289 g/mol. The number of nitrogens with zero attached hydrogens (tertiary/aromatic N) is 2. The minimum atomic E-state index is -0.578. The van der Waals surface area contributed by atoms with Crippen molar-refractivity contribution in [2.45, 2.75) is 39.0 Å². The van der Waals surface area contributed by atoms with E-state index in [2.05, 4.69) is 11.9 Å². The molecule has 5 heteroatoms. The van der Waals surface area contributed by atoms with Gasteiger partial charge in [-0.05, 0) is 37.3 Å². The SMILES string of the molecule is CCC[C@@H]1CCCN(C(=O)c2ccc(C(N)=O)nc2)CC1. The number of primary amides is 1. The van der Waals surface area contributed by atoms with E-state index in [0.29, 0.717) is 5.56 Å². The molecule has 1 atom stereocenters. The van der Waals surface area contributed by atoms with Crippen LogP contribution < -0.4 is 5.73 Å². The number of aromatic nitrogens is 1. The highest BCUT2D eigenvalue weighted by Crippen LogP contribution is 2.22. The molecule has 21 heavy (non-hydrogen) atoms. The maximum absolute atomic E-state index is 12.5. The number of carbonyl (C=O) groups is 2. The third kappa shape index (κ3) is 4.03. The van der Waals surface area contributed by atoms with Gasteiger partial charge in [-0.3, -0.25) is 14.6 Å². The van der Waals surface area contributed by atoms with Crippen LogP contribution in [0.4, 0.5) is 0 Å². The number of nitrogens with two attached hydrogens (primary N) is 1. The van der Waals surface area contributed by atoms with Crippen LogP contribution in [0.15, 0.2) is 18.3 Å². The first-order chi connectivity index (χ1) is 10.1. The molecule has 5 nitrogen and oxygen atoms in total. The Kier molecular flexibility index (Phi) is 5.31. The Bertz CT molecular complexity index is 499. The van der Waals surface area contributed by atoms with Gasteiger partial charge in [0.2, 0.25) is 0 Å². The van der Waals surface area contributed by atoms with E-state index in [9.17, 15) is 9.59 Å². The molecule has 0 aromatic carbocycles. The fourth-order valence-corrected chi connectivity index (χ4v) is 2.91. The summed E-state index contributed by atoms with van der Waals surface area (Å²) in [6.45, 7) is 3.82. The summed E-state index contributed by atoms with van der Waals surface area (Å²) < 4.78 is 0. The molecule has 0 saturated carbocycles. The van der Waals surface area contributed by atoms with Gasteiger partial charge in [0, 0.05) is 19.3 Å². The number of amides is 2. The van der Waals surface area contributed by atoms with E-state index < -0.39 is 5.91 Å². The third-order valence-corrected chi connectivity index (χ3v) is 4.09. The van der Waals surface area contributed by atoms with Gasteiger partial charge in [-0.2, -0.15) is 0 Å². The summed E-state index contributed by atoms with van der Waals surface area (Å²) in [4.78, 5) is 29.3. The van der Waals surface area contributed by atoms with Crippen LogP contribution in [0.5, 0.6) is 0 Å². The fourth-order valence-electron chi connectivity index (χ4n) is 2.91. The van der Waals surface area contributed by atoms with Gasteiger partial charge in [0.1, 0.15) is 5.69 Å². The van der Waals surface area contributed by atoms with Gasteiger partial charge < -0.3 is 10.6 Å². The minimum Gasteiger partial charge on any atom is -0.364 e. The first-order valence-electron chi connectivity index (χ1n) is 7.67. The van der Waals surface area contributed by atoms with Crippen molar-refractivity contribution >= 4 is 11.8 Å². The molecule has 1 aliphatic heterocycles. The number of hydrogen-bond donors (Lipinski definition) is 1. The summed E-state index contributed by atoms with van der Waals surface area (Å²) in [5, 5.41) is 0. The minimum absolute atomic E-state index is 0.00401. The van der Waals surface area contributed by atoms with E-state index in [-0.39, 0.29) is 11.6 Å². The van der Waals surface area contributed by atoms with Crippen LogP contribution in [0.2, 0.25) is 0 Å². The lowest BCUT2D eigenvalue weighted by molar-refractivity contribution is 0.0758. The standard InChI is InChI=1S/C16H23N3O2/c1-2-4-12-5-3-9-19(10-8-12)16(21)13-6-7-14(15(17)20)18-11-13/h6-7,11-12H,2-5,8-10H2,1H3,(H2,17,20)/t12-/m1/s1. The second kappa shape index (κ2) is 7.20. The number of hydrogen-bond acceptors (Lipinski definition) is 3. The van der Waals surface area contributed by atoms with Crippen LogP contribution in [0.25, 0.3) is 0 Å². The van der Waals surface area contributed by atoms with Crippen molar-refractivity contribution < 1.29 is 9.59 Å². The molecule has 114 valence electrons. The fraction of sp³-hybridized carbons (Fsp3) is 0.562. The van der Waals surface area contributed by atoms with Crippen molar-refractivity contribution in [3.8, 4) is 0 Å². The molecule has 1 aromatic rings. The second-order valence-corrected chi connectivity index (χ2v) is 5.67. The van der Waals surface area contributed by atoms with Gasteiger partial charge in [0.05, 0.1) is 5.56 Å². The van der Waals surface area contributed by atoms with Gasteiger partial charge in [0.15, 0.2) is 0 Å². The molecule has 0 spiro atoms. The molecule has 1 saturated heterocycles. The average Bonchev–Trinajstić information content (AvgIpc) is 2.73. The van der Waals surface area contributed by atoms with E-state index in [1.54, 1.807) is 6.07 Å². The lowest BCUT2D eigenvalue weighted by atomic mass is 9.96. The molecule has 0 radical (unpaired) electrons. The van der Waals surface area contributed by atoms with Crippen LogP contribution >= 0.6 is 0 Å². The molecule has 0 unspecified atom stereocenters. The van der Waals surface area contributed by atoms with Gasteiger partial charge in [-0.25, -0.2) is 0 Å². The van der Waals surface area contributed by atoms with Crippen molar-refractivity contribution in [1.82, 2.24) is 9.88 Å². The Hall–Kier alpha value is -1.91. The molecule has 1 aliphatic rings. The Morgan fingerprint density at radius 2 is 2.14 bits per heavy atom. The molecule has 1 fully saturated rings. The summed E-state index contributed by atoms with van der Waals surface area (Å²) in [6.07, 6.45) is 7.23. The maximum atomic E-state index is 12.5. The molecular formula is C16H23N3O2. The number of likely N-dealkylation sites (tertiary alicyclic amines) is 1. The van der Waals surface area contributed by atoms with Crippen LogP contribution in [0.3, 0.4) is 0 Å². The molecular weight excluding hydrogens is 266 g/mol. The summed E-state index contributed by atoms with van der Waals surface area (Å²) >= 11 is 0. The highest BCUT2D eigenvalue weighted by molar-refractivity contribution is 5.95. The van der Waals surface area contributed by atoms with E-state index in [1.807, 2.05) is 4.90 Å². The predicted octanol–water partition coefficient (Wildman–Crippen LogP) is 2.22. The van der Waals surface area contributed by atoms with Crippen LogP contribution in [-0.2, 0) is 0 Å². The Morgan fingerprint density at radius 1 is 1.33 bits per heavy atom. The molecule has 0 aliphatic carbocycles. The zero-order valence-corrected chi connectivity index (χ0v) is 12.5. The van der Waals surface area contributed by atoms with Crippen molar-refractivity contribution in [3.63, 3.8) is 0 Å². The molecule has 2 rings (SSSR count). The summed E-state index contributed by atoms with van der Waals surface area (Å²) in [5.41, 5.74) is 5.86. The lowest BCUT2D eigenvalue weighted by Crippen LogP contribution is -2.32. The first-order valence-corrected chi connectivity index (χ1v) is 7.67. The second-order valence-electron chi connectivity index (χ2n) is 5.67. The van der Waals surface area contributed by atoms with E-state index >= 15 is 0 Å². The van der Waals surface area contributed by atoms with E-state index in [0.717, 1.165) is 31.8 Å². The van der Waals surface area contributed by atoms with Crippen LogP contribution in [0.1, 0.15) is 59.9 Å². The topological polar surface area (TPSA) is 76.3 Å². The van der Waals surface area contributed by atoms with Crippen LogP contribution in [-0.4, -0.2) is 34.8 Å². The Morgan fingerprint density at radius 3 is 2.76 bits per heavy atom. The maximum Gasteiger partial charge on any atom is 0.267 e. The number of carbonyl (C=O) groups excluding carboxylic acids is 2. The normalized spacial score (nSPS) is 19.1. The highest BCUT2D eigenvalue weighted by atomic mass is 16.2. The largest absolute Gasteiger partial charge is 0.364 e. The van der Waals surface area contributed by atoms with Gasteiger partial charge in [-0.1, -0.05) is 19.8 Å². The third-order valence-electron chi connectivity index (χ3n) is 4.09. The molecule has 1 aromatic heterocycles. The smallest absolute Gasteiger partial charge is 0.267 e. The Labute approximate surface area is 125 Å². The lowest BCUT2D eigenvalue weighted by Gasteiger charge is -2.20. The monoisotopic (exact) mass is 289 g/mol. The summed E-state index contributed by atoms with van der Waals surface area (Å²) in [6, 6.07) is 3.14. The van der Waals surface area contributed by atoms with Crippen LogP contribution in [0, 0.1) is 5.92 Å². The zero-order valence-electron chi connectivity index (χ0n) is 12.5. The van der Waals surface area contributed by atoms with Gasteiger partial charge >= 0.3 is 0 Å². The Balaban J connectivity index is 2.00. The molecule has 2 amide bonds. The van der Waals surface area contributed by atoms with Crippen molar-refractivity contribution in [3.05, 3.63) is 29.6 Å². The van der Waals surface area contributed by atoms with Gasteiger partial charge in [0.25, 0.3) is 11.8 Å². The van der Waals surface area contributed by atoms with Gasteiger partial charge in [-0.15, -0.1) is 0 Å². The van der Waals surface area contributed by atoms with E-state index in [4.69, 9.17) is 5.73 Å². The number of rotatable bonds is 4. The summed E-state index contributed by atoms with van der Waals surface area (Å²) in [7, 11) is 0. The van der Waals surface area contributed by atoms with Crippen molar-refractivity contribution in [1.29, 1.82) is 0 Å². The molecule has 0 bridgehead atoms. The van der Waals surface area contributed by atoms with Crippen molar-refractivity contribution in [2.24, 2.45) is 11.7 Å². The molecule has 2 heterocycles. The molecule has 2 N–H and O–H groups in total. The first kappa shape index (κ1) is 15.5. The van der Waals surface area contributed by atoms with E-state index in [1.165, 1.54) is 31.5 Å². The summed E-state index contributed by atoms with van der Waals surface area (Å²) in [5.74, 6) is 0.157. The predicted molar refractivity (Wildman–Crippen MR) is 80.9 cm³/mol. The quantitative estimate of drug-likeness (QED) is 0.923. The number of pyridine rings is 1. The highest BCUT2D eigenvalue weighted by Gasteiger charge is 2.21. The zero-order chi connectivity index (χ0) is 15.2. The van der Waals surface area contributed by atoms with Crippen molar-refractivity contribution in [2.75, 3.05) is 13.1 Å².